The van der Waals surface area contributed by atoms with Crippen molar-refractivity contribution < 1.29 is 23.9 Å². The predicted octanol–water partition coefficient (Wildman–Crippen LogP) is 3.45. The third-order valence-corrected chi connectivity index (χ3v) is 3.46. The number of benzene rings is 1. The van der Waals surface area contributed by atoms with E-state index in [1.807, 2.05) is 5.48 Å². The highest BCUT2D eigenvalue weighted by Gasteiger charge is 2.29. The lowest BCUT2D eigenvalue weighted by Crippen LogP contribution is -2.38. The van der Waals surface area contributed by atoms with Crippen LogP contribution in [0, 0.1) is 5.82 Å². The number of halogens is 1. The predicted molar refractivity (Wildman–Crippen MR) is 83.2 cm³/mol. The molecule has 1 aromatic carbocycles. The molecule has 3 N–H and O–H groups in total. The van der Waals surface area contributed by atoms with Crippen LogP contribution in [0.15, 0.2) is 18.2 Å². The Bertz CT molecular complexity index is 560. The van der Waals surface area contributed by atoms with Crippen LogP contribution in [0.3, 0.4) is 0 Å². The maximum absolute atomic E-state index is 13.3. The van der Waals surface area contributed by atoms with E-state index >= 15 is 0 Å². The van der Waals surface area contributed by atoms with Gasteiger partial charge in [0.25, 0.3) is 0 Å². The standard InChI is InChI=1S/C16H23FN2O4/c1-16(2,3)23-15(20)18-11-5-6-12(9-11)22-14-8-10(17)4-7-13(14)19-21/h4,7-8,11-12,19,21H,5-6,9H2,1-3H3,(H,18,20)/t11-,12-/m0/s1. The number of anilines is 1. The summed E-state index contributed by atoms with van der Waals surface area (Å²) in [5, 5.41) is 11.8. The van der Waals surface area contributed by atoms with E-state index in [1.165, 1.54) is 18.2 Å². The number of rotatable bonds is 4. The number of ether oxygens (including phenoxy) is 2. The lowest BCUT2D eigenvalue weighted by atomic mass is 10.2. The van der Waals surface area contributed by atoms with Gasteiger partial charge in [0.1, 0.15) is 29.0 Å². The first kappa shape index (κ1) is 17.3. The molecule has 1 aromatic rings. The minimum Gasteiger partial charge on any atom is -0.488 e. The largest absolute Gasteiger partial charge is 0.488 e. The van der Waals surface area contributed by atoms with Gasteiger partial charge in [-0.3, -0.25) is 10.7 Å². The van der Waals surface area contributed by atoms with Gasteiger partial charge in [-0.05, 0) is 45.7 Å². The van der Waals surface area contributed by atoms with E-state index in [2.05, 4.69) is 5.32 Å². The topological polar surface area (TPSA) is 79.8 Å². The van der Waals surface area contributed by atoms with Gasteiger partial charge < -0.3 is 14.8 Å². The number of carbonyl (C=O) groups excluding carboxylic acids is 1. The average Bonchev–Trinajstić information content (AvgIpc) is 2.84. The van der Waals surface area contributed by atoms with Crippen LogP contribution in [0.1, 0.15) is 40.0 Å². The lowest BCUT2D eigenvalue weighted by molar-refractivity contribution is 0.0503. The summed E-state index contributed by atoms with van der Waals surface area (Å²) in [6.07, 6.45) is 1.46. The van der Waals surface area contributed by atoms with Crippen molar-refractivity contribution in [2.75, 3.05) is 5.48 Å². The minimum atomic E-state index is -0.540. The molecule has 0 radical (unpaired) electrons. The number of carbonyl (C=O) groups is 1. The van der Waals surface area contributed by atoms with Crippen molar-refractivity contribution in [3.63, 3.8) is 0 Å². The Morgan fingerprint density at radius 1 is 1.35 bits per heavy atom. The molecule has 2 atom stereocenters. The molecule has 0 spiro atoms. The highest BCUT2D eigenvalue weighted by Crippen LogP contribution is 2.30. The molecule has 1 fully saturated rings. The van der Waals surface area contributed by atoms with Crippen molar-refractivity contribution >= 4 is 11.8 Å². The molecule has 1 aliphatic carbocycles. The van der Waals surface area contributed by atoms with Crippen LogP contribution in [0.25, 0.3) is 0 Å². The first-order chi connectivity index (χ1) is 10.8. The molecule has 128 valence electrons. The van der Waals surface area contributed by atoms with Gasteiger partial charge in [0.15, 0.2) is 0 Å². The number of hydrogen-bond donors (Lipinski definition) is 3. The molecule has 23 heavy (non-hydrogen) atoms. The molecular weight excluding hydrogens is 303 g/mol. The average molecular weight is 326 g/mol. The van der Waals surface area contributed by atoms with Crippen LogP contribution in [-0.2, 0) is 4.74 Å². The summed E-state index contributed by atoms with van der Waals surface area (Å²) in [5.41, 5.74) is 1.75. The van der Waals surface area contributed by atoms with Gasteiger partial charge in [-0.2, -0.15) is 0 Å². The molecular formula is C16H23FN2O4. The van der Waals surface area contributed by atoms with E-state index in [0.717, 1.165) is 12.8 Å². The number of amides is 1. The monoisotopic (exact) mass is 326 g/mol. The first-order valence-electron chi connectivity index (χ1n) is 7.62. The Morgan fingerprint density at radius 3 is 2.74 bits per heavy atom. The molecule has 0 saturated heterocycles. The second-order valence-corrected chi connectivity index (χ2v) is 6.65. The second kappa shape index (κ2) is 7.04. The summed E-state index contributed by atoms with van der Waals surface area (Å²) in [4.78, 5) is 11.8. The van der Waals surface area contributed by atoms with E-state index < -0.39 is 17.5 Å². The fraction of sp³-hybridized carbons (Fsp3) is 0.562. The quantitative estimate of drug-likeness (QED) is 0.739. The molecule has 6 nitrogen and oxygen atoms in total. The summed E-state index contributed by atoms with van der Waals surface area (Å²) < 4.78 is 24.3. The Hall–Kier alpha value is -2.02. The highest BCUT2D eigenvalue weighted by atomic mass is 19.1. The van der Waals surface area contributed by atoms with E-state index in [9.17, 15) is 9.18 Å². The fourth-order valence-electron chi connectivity index (χ4n) is 2.52. The van der Waals surface area contributed by atoms with Crippen molar-refractivity contribution in [3.05, 3.63) is 24.0 Å². The summed E-state index contributed by atoms with van der Waals surface area (Å²) in [5.74, 6) is -0.198. The van der Waals surface area contributed by atoms with Gasteiger partial charge >= 0.3 is 6.09 Å². The molecule has 0 bridgehead atoms. The molecule has 0 aliphatic heterocycles. The number of hydrogen-bond acceptors (Lipinski definition) is 5. The Morgan fingerprint density at radius 2 is 2.09 bits per heavy atom. The zero-order valence-corrected chi connectivity index (χ0v) is 13.6. The number of nitrogens with one attached hydrogen (secondary N) is 2. The van der Waals surface area contributed by atoms with Crippen molar-refractivity contribution in [1.82, 2.24) is 5.32 Å². The molecule has 1 saturated carbocycles. The van der Waals surface area contributed by atoms with Crippen LogP contribution >= 0.6 is 0 Å². The SMILES string of the molecule is CC(C)(C)OC(=O)N[C@H]1CC[C@H](Oc2cc(F)ccc2NO)C1. The van der Waals surface area contributed by atoms with Gasteiger partial charge in [0.2, 0.25) is 0 Å². The van der Waals surface area contributed by atoms with Crippen LogP contribution < -0.4 is 15.5 Å². The highest BCUT2D eigenvalue weighted by molar-refractivity contribution is 5.68. The molecule has 7 heteroatoms. The molecule has 0 heterocycles. The van der Waals surface area contributed by atoms with Crippen LogP contribution in [-0.4, -0.2) is 29.0 Å². The number of alkyl carbamates (subject to hydrolysis) is 1. The zero-order chi connectivity index (χ0) is 17.0. The second-order valence-electron chi connectivity index (χ2n) is 6.65. The minimum absolute atomic E-state index is 0.0473. The van der Waals surface area contributed by atoms with Crippen LogP contribution in [0.4, 0.5) is 14.9 Å². The smallest absolute Gasteiger partial charge is 0.407 e. The fourth-order valence-corrected chi connectivity index (χ4v) is 2.52. The summed E-state index contributed by atoms with van der Waals surface area (Å²) >= 11 is 0. The van der Waals surface area contributed by atoms with E-state index in [0.29, 0.717) is 12.1 Å². The van der Waals surface area contributed by atoms with Gasteiger partial charge in [0, 0.05) is 18.5 Å². The van der Waals surface area contributed by atoms with E-state index in [4.69, 9.17) is 14.7 Å². The molecule has 2 rings (SSSR count). The van der Waals surface area contributed by atoms with Gasteiger partial charge in [0.05, 0.1) is 0 Å². The maximum Gasteiger partial charge on any atom is 0.407 e. The first-order valence-corrected chi connectivity index (χ1v) is 7.62. The van der Waals surface area contributed by atoms with Crippen molar-refractivity contribution in [2.45, 2.75) is 57.8 Å². The summed E-state index contributed by atoms with van der Waals surface area (Å²) in [6.45, 7) is 5.42. The summed E-state index contributed by atoms with van der Waals surface area (Å²) in [7, 11) is 0. The van der Waals surface area contributed by atoms with Crippen molar-refractivity contribution in [1.29, 1.82) is 0 Å². The van der Waals surface area contributed by atoms with E-state index in [1.54, 1.807) is 20.8 Å². The van der Waals surface area contributed by atoms with Crippen molar-refractivity contribution in [2.24, 2.45) is 0 Å². The van der Waals surface area contributed by atoms with Gasteiger partial charge in [-0.1, -0.05) is 0 Å². The molecule has 1 aliphatic rings. The van der Waals surface area contributed by atoms with E-state index in [-0.39, 0.29) is 17.9 Å². The Kier molecular flexibility index (Phi) is 5.30. The maximum atomic E-state index is 13.3. The molecule has 0 aromatic heterocycles. The summed E-state index contributed by atoms with van der Waals surface area (Å²) in [6, 6.07) is 3.80. The zero-order valence-electron chi connectivity index (χ0n) is 13.6. The third-order valence-electron chi connectivity index (χ3n) is 3.46. The van der Waals surface area contributed by atoms with Gasteiger partial charge in [-0.15, -0.1) is 0 Å². The Labute approximate surface area is 134 Å². The van der Waals surface area contributed by atoms with Crippen LogP contribution in [0.2, 0.25) is 0 Å². The molecule has 0 unspecified atom stereocenters. The van der Waals surface area contributed by atoms with Crippen LogP contribution in [0.5, 0.6) is 5.75 Å². The van der Waals surface area contributed by atoms with Gasteiger partial charge in [-0.25, -0.2) is 9.18 Å². The van der Waals surface area contributed by atoms with Crippen molar-refractivity contribution in [3.8, 4) is 5.75 Å². The molecule has 1 amide bonds. The normalized spacial score (nSPS) is 20.9. The third kappa shape index (κ3) is 5.28. The Balaban J connectivity index is 1.88. The lowest BCUT2D eigenvalue weighted by Gasteiger charge is -2.22.